The van der Waals surface area contributed by atoms with Gasteiger partial charge in [0.05, 0.1) is 44.3 Å². The maximum absolute atomic E-state index is 5.49. The van der Waals surface area contributed by atoms with Crippen LogP contribution < -0.4 is 0 Å². The average molecular weight is 944 g/mol. The fourth-order valence-corrected chi connectivity index (χ4v) is 12.8. The third kappa shape index (κ3) is 5.75. The summed E-state index contributed by atoms with van der Waals surface area (Å²) in [6, 6.07) is 86.6. The molecule has 4 heterocycles. The van der Waals surface area contributed by atoms with Crippen LogP contribution in [0.2, 0.25) is 0 Å². The zero-order chi connectivity index (χ0) is 48.8. The Kier molecular flexibility index (Phi) is 8.45. The number of benzene rings is 11. The number of aromatic nitrogens is 5. The molecular weight excluding hydrogens is 899 g/mol. The van der Waals surface area contributed by atoms with Gasteiger partial charge in [0.1, 0.15) is 0 Å². The molecule has 4 aromatic heterocycles. The molecule has 0 atom stereocenters. The summed E-state index contributed by atoms with van der Waals surface area (Å²) >= 11 is 0. The molecule has 11 aromatic carbocycles. The Morgan fingerprint density at radius 2 is 0.770 bits per heavy atom. The molecular formula is C69H45N5. The Labute approximate surface area is 426 Å². The Bertz CT molecular complexity index is 4590. The van der Waals surface area contributed by atoms with E-state index in [1.807, 2.05) is 0 Å². The Hall–Kier alpha value is -9.58. The van der Waals surface area contributed by atoms with Gasteiger partial charge in [0, 0.05) is 76.7 Å². The quantitative estimate of drug-likeness (QED) is 0.161. The van der Waals surface area contributed by atoms with Crippen molar-refractivity contribution < 1.29 is 0 Å². The smallest absolute Gasteiger partial charge is 0.160 e. The highest BCUT2D eigenvalue weighted by atomic mass is 15.0. The topological polar surface area (TPSA) is 40.6 Å². The van der Waals surface area contributed by atoms with Crippen LogP contribution in [0.3, 0.4) is 0 Å². The molecule has 1 aliphatic rings. The van der Waals surface area contributed by atoms with Crippen molar-refractivity contribution >= 4 is 87.1 Å². The zero-order valence-electron chi connectivity index (χ0n) is 40.8. The minimum absolute atomic E-state index is 0.137. The van der Waals surface area contributed by atoms with E-state index in [2.05, 4.69) is 264 Å². The van der Waals surface area contributed by atoms with Crippen LogP contribution in [-0.4, -0.2) is 23.7 Å². The number of para-hydroxylation sites is 4. The van der Waals surface area contributed by atoms with Crippen LogP contribution in [0.4, 0.5) is 0 Å². The molecule has 74 heavy (non-hydrogen) atoms. The van der Waals surface area contributed by atoms with Crippen LogP contribution in [0.15, 0.2) is 237 Å². The second-order valence-corrected chi connectivity index (χ2v) is 20.5. The highest BCUT2D eigenvalue weighted by Crippen LogP contribution is 2.50. The first-order chi connectivity index (χ1) is 36.5. The van der Waals surface area contributed by atoms with Gasteiger partial charge < -0.3 is 13.7 Å². The second-order valence-electron chi connectivity index (χ2n) is 20.5. The summed E-state index contributed by atoms with van der Waals surface area (Å²) < 4.78 is 7.26. The molecule has 0 spiro atoms. The molecule has 0 radical (unpaired) electrons. The van der Waals surface area contributed by atoms with Crippen molar-refractivity contribution in [3.05, 3.63) is 248 Å². The lowest BCUT2D eigenvalue weighted by molar-refractivity contribution is 0.660. The minimum Gasteiger partial charge on any atom is -0.309 e. The third-order valence-corrected chi connectivity index (χ3v) is 16.2. The molecule has 1 aliphatic carbocycles. The molecule has 0 amide bonds. The highest BCUT2D eigenvalue weighted by molar-refractivity contribution is 6.15. The third-order valence-electron chi connectivity index (χ3n) is 16.2. The fraction of sp³-hybridized carbons (Fsp3) is 0.0435. The lowest BCUT2D eigenvalue weighted by atomic mass is 9.81. The van der Waals surface area contributed by atoms with Crippen molar-refractivity contribution in [1.29, 1.82) is 0 Å². The van der Waals surface area contributed by atoms with Gasteiger partial charge in [0.25, 0.3) is 0 Å². The van der Waals surface area contributed by atoms with Gasteiger partial charge in [-0.1, -0.05) is 153 Å². The summed E-state index contributed by atoms with van der Waals surface area (Å²) in [5, 5.41) is 10.7. The summed E-state index contributed by atoms with van der Waals surface area (Å²) in [5.74, 6) is 0.701. The van der Waals surface area contributed by atoms with Gasteiger partial charge in [0.15, 0.2) is 5.82 Å². The van der Waals surface area contributed by atoms with Crippen LogP contribution in [0.5, 0.6) is 0 Å². The highest BCUT2D eigenvalue weighted by Gasteiger charge is 2.35. The lowest BCUT2D eigenvalue weighted by Gasteiger charge is -2.22. The SMILES string of the molecule is CC1(C)c2ccccc2-c2ccc(-c3nc(-c4ccc(-n5c6ccc(-n7c8ccccc8c8ccccc87)cc6c6cc(-n7c8ccccc8c8ccccc87)ccc65)cc4)nc4c3ccc3ccccc34)cc21. The van der Waals surface area contributed by atoms with E-state index in [0.717, 1.165) is 66.6 Å². The van der Waals surface area contributed by atoms with Gasteiger partial charge in [-0.25, -0.2) is 9.97 Å². The molecule has 0 aliphatic heterocycles. The van der Waals surface area contributed by atoms with E-state index >= 15 is 0 Å². The second kappa shape index (κ2) is 15.2. The van der Waals surface area contributed by atoms with E-state index in [-0.39, 0.29) is 5.41 Å². The zero-order valence-corrected chi connectivity index (χ0v) is 40.8. The number of hydrogen-bond donors (Lipinski definition) is 0. The predicted molar refractivity (Wildman–Crippen MR) is 308 cm³/mol. The van der Waals surface area contributed by atoms with Crippen molar-refractivity contribution in [3.63, 3.8) is 0 Å². The monoisotopic (exact) mass is 943 g/mol. The van der Waals surface area contributed by atoms with Gasteiger partial charge in [-0.05, 0) is 125 Å². The summed E-state index contributed by atoms with van der Waals surface area (Å²) in [5.41, 5.74) is 19.5. The van der Waals surface area contributed by atoms with E-state index in [0.29, 0.717) is 5.82 Å². The molecule has 0 saturated heterocycles. The standard InChI is InChI=1S/C69H45N5/c1-69(2)58-22-10-5-17-49(58)50-35-30-44(39-59(50)69)66-55-36-29-42-15-3-4-16-48(42)67(55)71-68(70-66)43-27-31-45(32-28-43)72-64-37-33-46(73-60-23-11-6-18-51(60)52-19-7-12-24-61(52)73)40-56(64)57-41-47(34-38-65(57)72)74-62-25-13-8-20-53(62)54-21-9-14-26-63(54)74/h3-41H,1-2H3. The van der Waals surface area contributed by atoms with Gasteiger partial charge in [-0.15, -0.1) is 0 Å². The molecule has 346 valence electrons. The van der Waals surface area contributed by atoms with E-state index in [4.69, 9.17) is 9.97 Å². The molecule has 5 nitrogen and oxygen atoms in total. The molecule has 5 heteroatoms. The molecule has 0 N–H and O–H groups in total. The van der Waals surface area contributed by atoms with Crippen molar-refractivity contribution in [2.75, 3.05) is 0 Å². The van der Waals surface area contributed by atoms with Crippen LogP contribution >= 0.6 is 0 Å². The number of rotatable bonds is 5. The average Bonchev–Trinajstić information content (AvgIpc) is 4.16. The number of fused-ring (bicyclic) bond motifs is 15. The first-order valence-electron chi connectivity index (χ1n) is 25.6. The summed E-state index contributed by atoms with van der Waals surface area (Å²) in [7, 11) is 0. The number of hydrogen-bond acceptors (Lipinski definition) is 2. The summed E-state index contributed by atoms with van der Waals surface area (Å²) in [4.78, 5) is 10.9. The van der Waals surface area contributed by atoms with Crippen molar-refractivity contribution in [3.8, 4) is 50.8 Å². The van der Waals surface area contributed by atoms with Gasteiger partial charge >= 0.3 is 0 Å². The maximum atomic E-state index is 5.49. The van der Waals surface area contributed by atoms with Crippen LogP contribution in [-0.2, 0) is 5.41 Å². The van der Waals surface area contributed by atoms with Crippen LogP contribution in [0.1, 0.15) is 25.0 Å². The van der Waals surface area contributed by atoms with Gasteiger partial charge in [0.2, 0.25) is 0 Å². The Morgan fingerprint density at radius 3 is 1.36 bits per heavy atom. The van der Waals surface area contributed by atoms with E-state index < -0.39 is 0 Å². The van der Waals surface area contributed by atoms with Gasteiger partial charge in [-0.2, -0.15) is 0 Å². The summed E-state index contributed by atoms with van der Waals surface area (Å²) in [6.07, 6.45) is 0. The Balaban J connectivity index is 0.888. The van der Waals surface area contributed by atoms with Crippen LogP contribution in [0.25, 0.3) is 138 Å². The molecule has 0 saturated carbocycles. The van der Waals surface area contributed by atoms with E-state index in [1.165, 1.54) is 76.6 Å². The number of nitrogens with zero attached hydrogens (tertiary/aromatic N) is 5. The normalized spacial score (nSPS) is 13.1. The first kappa shape index (κ1) is 41.1. The van der Waals surface area contributed by atoms with Gasteiger partial charge in [-0.3, -0.25) is 0 Å². The van der Waals surface area contributed by atoms with Crippen molar-refractivity contribution in [2.45, 2.75) is 19.3 Å². The lowest BCUT2D eigenvalue weighted by Crippen LogP contribution is -2.15. The molecule has 15 aromatic rings. The summed E-state index contributed by atoms with van der Waals surface area (Å²) in [6.45, 7) is 4.68. The molecule has 0 bridgehead atoms. The molecule has 0 unspecified atom stereocenters. The molecule has 16 rings (SSSR count). The van der Waals surface area contributed by atoms with Crippen LogP contribution in [0, 0.1) is 0 Å². The fourth-order valence-electron chi connectivity index (χ4n) is 12.8. The Morgan fingerprint density at radius 1 is 0.311 bits per heavy atom. The van der Waals surface area contributed by atoms with Crippen molar-refractivity contribution in [1.82, 2.24) is 23.7 Å². The maximum Gasteiger partial charge on any atom is 0.160 e. The van der Waals surface area contributed by atoms with E-state index in [1.54, 1.807) is 0 Å². The first-order valence-corrected chi connectivity index (χ1v) is 25.6. The largest absolute Gasteiger partial charge is 0.309 e. The van der Waals surface area contributed by atoms with E-state index in [9.17, 15) is 0 Å². The predicted octanol–water partition coefficient (Wildman–Crippen LogP) is 17.7. The van der Waals surface area contributed by atoms with Crippen molar-refractivity contribution in [2.24, 2.45) is 0 Å². The minimum atomic E-state index is -0.137. The molecule has 0 fully saturated rings.